The topological polar surface area (TPSA) is 71.3 Å². The lowest BCUT2D eigenvalue weighted by Gasteiger charge is -2.31. The number of halogens is 2. The number of nitrogens with one attached hydrogen (secondary N) is 1. The number of alkyl halides is 2. The lowest BCUT2D eigenvalue weighted by Crippen LogP contribution is -2.41. The molecule has 7 nitrogen and oxygen atoms in total. The number of aromatic nitrogens is 5. The number of piperidine rings is 1. The molecule has 1 fully saturated rings. The van der Waals surface area contributed by atoms with Gasteiger partial charge in [-0.1, -0.05) is 30.3 Å². The normalized spacial score (nSPS) is 15.9. The zero-order valence-corrected chi connectivity index (χ0v) is 21.1. The number of aromatic amines is 1. The van der Waals surface area contributed by atoms with Gasteiger partial charge in [0.2, 0.25) is 0 Å². The fourth-order valence-corrected chi connectivity index (χ4v) is 5.82. The van der Waals surface area contributed by atoms with Crippen LogP contribution in [0.3, 0.4) is 0 Å². The first kappa shape index (κ1) is 23.7. The Labute approximate surface area is 216 Å². The molecule has 0 aliphatic carbocycles. The lowest BCUT2D eigenvalue weighted by atomic mass is 10.1. The van der Waals surface area contributed by atoms with Crippen molar-refractivity contribution in [3.05, 3.63) is 66.7 Å². The minimum Gasteiger partial charge on any atom is -0.492 e. The van der Waals surface area contributed by atoms with Gasteiger partial charge in [-0.05, 0) is 13.0 Å². The van der Waals surface area contributed by atoms with Gasteiger partial charge >= 0.3 is 0 Å². The molecule has 5 aromatic rings. The van der Waals surface area contributed by atoms with Crippen molar-refractivity contribution in [1.29, 1.82) is 0 Å². The van der Waals surface area contributed by atoms with E-state index in [0.717, 1.165) is 43.7 Å². The number of nitrogens with zero attached hydrogens (tertiary/aromatic N) is 5. The summed E-state index contributed by atoms with van der Waals surface area (Å²) in [6, 6.07) is 13.9. The molecule has 0 atom stereocenters. The monoisotopic (exact) mass is 520 g/mol. The maximum absolute atomic E-state index is 13.4. The summed E-state index contributed by atoms with van der Waals surface area (Å²) in [6.07, 6.45) is 5.25. The van der Waals surface area contributed by atoms with Gasteiger partial charge in [-0.2, -0.15) is 5.10 Å². The Morgan fingerprint density at radius 1 is 1.14 bits per heavy atom. The summed E-state index contributed by atoms with van der Waals surface area (Å²) >= 11 is 1.57. The van der Waals surface area contributed by atoms with Crippen LogP contribution in [-0.2, 0) is 0 Å². The number of H-pyrrole nitrogens is 1. The predicted octanol–water partition coefficient (Wildman–Crippen LogP) is 5.93. The molecule has 0 saturated carbocycles. The Balaban J connectivity index is 1.29. The van der Waals surface area contributed by atoms with Crippen molar-refractivity contribution in [3.63, 3.8) is 0 Å². The summed E-state index contributed by atoms with van der Waals surface area (Å²) in [6.45, 7) is 3.82. The van der Waals surface area contributed by atoms with E-state index in [1.165, 1.54) is 0 Å². The highest BCUT2D eigenvalue weighted by Crippen LogP contribution is 2.41. The summed E-state index contributed by atoms with van der Waals surface area (Å²) in [4.78, 5) is 15.7. The van der Waals surface area contributed by atoms with Gasteiger partial charge in [0.25, 0.3) is 5.92 Å². The fraction of sp³-hybridized carbons (Fsp3) is 0.296. The molecule has 0 amide bonds. The molecule has 1 N–H and O–H groups in total. The highest BCUT2D eigenvalue weighted by Gasteiger charge is 2.33. The van der Waals surface area contributed by atoms with Gasteiger partial charge in [0, 0.05) is 62.7 Å². The fourth-order valence-electron chi connectivity index (χ4n) is 4.66. The molecule has 0 bridgehead atoms. The first-order valence-corrected chi connectivity index (χ1v) is 13.1. The summed E-state index contributed by atoms with van der Waals surface area (Å²) in [5.41, 5.74) is 4.60. The second-order valence-electron chi connectivity index (χ2n) is 9.20. The predicted molar refractivity (Wildman–Crippen MR) is 140 cm³/mol. The van der Waals surface area contributed by atoms with E-state index in [1.54, 1.807) is 17.5 Å². The number of benzene rings is 1. The molecule has 1 saturated heterocycles. The molecule has 190 valence electrons. The molecule has 0 unspecified atom stereocenters. The third-order valence-corrected chi connectivity index (χ3v) is 7.73. The van der Waals surface area contributed by atoms with Crippen molar-refractivity contribution in [2.75, 3.05) is 26.2 Å². The van der Waals surface area contributed by atoms with Crippen LogP contribution in [0.25, 0.3) is 38.0 Å². The van der Waals surface area contributed by atoms with Crippen LogP contribution in [0.4, 0.5) is 8.78 Å². The molecule has 5 heterocycles. The van der Waals surface area contributed by atoms with E-state index >= 15 is 0 Å². The third-order valence-electron chi connectivity index (χ3n) is 6.65. The van der Waals surface area contributed by atoms with Crippen molar-refractivity contribution in [2.45, 2.75) is 25.7 Å². The van der Waals surface area contributed by atoms with Crippen molar-refractivity contribution in [3.8, 4) is 38.3 Å². The van der Waals surface area contributed by atoms with Gasteiger partial charge in [-0.3, -0.25) is 4.90 Å². The minimum absolute atomic E-state index is 0.0871. The molecule has 1 aliphatic heterocycles. The van der Waals surface area contributed by atoms with Crippen molar-refractivity contribution in [1.82, 2.24) is 29.5 Å². The lowest BCUT2D eigenvalue weighted by molar-refractivity contribution is -0.0564. The number of hydrogen-bond donors (Lipinski definition) is 1. The number of likely N-dealkylation sites (tertiary alicyclic amines) is 1. The maximum Gasteiger partial charge on any atom is 0.250 e. The number of rotatable bonds is 7. The van der Waals surface area contributed by atoms with E-state index in [0.29, 0.717) is 32.0 Å². The van der Waals surface area contributed by atoms with E-state index in [4.69, 9.17) is 14.8 Å². The Morgan fingerprint density at radius 3 is 2.70 bits per heavy atom. The quantitative estimate of drug-likeness (QED) is 0.288. The van der Waals surface area contributed by atoms with Crippen molar-refractivity contribution >= 4 is 16.9 Å². The Hall–Kier alpha value is -3.63. The standard InChI is InChI=1S/C27H26F2N6OS/c1-18-22(26-32-23(19-5-3-2-4-6-19)24(37-26)25-30-10-11-31-25)21-17-20(7-12-35(21)33-18)36-16-15-34-13-8-27(28,29)9-14-34/h2-7,10-12,17H,8-9,13-16H2,1H3,(H,30,31). The molecular weight excluding hydrogens is 494 g/mol. The molecule has 1 aliphatic rings. The van der Waals surface area contributed by atoms with Crippen molar-refractivity contribution < 1.29 is 13.5 Å². The number of ether oxygens (including phenoxy) is 1. The molecule has 4 aromatic heterocycles. The second-order valence-corrected chi connectivity index (χ2v) is 10.2. The number of hydrogen-bond acceptors (Lipinski definition) is 6. The number of imidazole rings is 1. The van der Waals surface area contributed by atoms with Gasteiger partial charge in [0.1, 0.15) is 23.2 Å². The zero-order chi connectivity index (χ0) is 25.4. The van der Waals surface area contributed by atoms with Gasteiger partial charge < -0.3 is 9.72 Å². The zero-order valence-electron chi connectivity index (χ0n) is 20.3. The molecule has 37 heavy (non-hydrogen) atoms. The third kappa shape index (κ3) is 4.86. The van der Waals surface area contributed by atoms with E-state index < -0.39 is 5.92 Å². The summed E-state index contributed by atoms with van der Waals surface area (Å²) in [5.74, 6) is -1.05. The summed E-state index contributed by atoms with van der Waals surface area (Å²) < 4.78 is 34.7. The SMILES string of the molecule is Cc1nn2ccc(OCCN3CCC(F)(F)CC3)cc2c1-c1nc(-c2ccccc2)c(-c2ncc[nH]2)s1. The van der Waals surface area contributed by atoms with Crippen LogP contribution in [0.15, 0.2) is 61.1 Å². The Kier molecular flexibility index (Phi) is 6.21. The molecule has 10 heteroatoms. The van der Waals surface area contributed by atoms with E-state index in [2.05, 4.69) is 9.97 Å². The molecular formula is C27H26F2N6OS. The number of pyridine rings is 1. The van der Waals surface area contributed by atoms with Crippen LogP contribution in [0.5, 0.6) is 5.75 Å². The van der Waals surface area contributed by atoms with E-state index in [9.17, 15) is 8.78 Å². The first-order chi connectivity index (χ1) is 18.0. The molecule has 0 spiro atoms. The Bertz CT molecular complexity index is 1500. The van der Waals surface area contributed by atoms with Gasteiger partial charge in [-0.15, -0.1) is 11.3 Å². The maximum atomic E-state index is 13.4. The molecule has 6 rings (SSSR count). The highest BCUT2D eigenvalue weighted by atomic mass is 32.1. The van der Waals surface area contributed by atoms with Crippen LogP contribution in [0.1, 0.15) is 18.5 Å². The number of aryl methyl sites for hydroxylation is 1. The minimum atomic E-state index is -2.54. The van der Waals surface area contributed by atoms with Crippen LogP contribution >= 0.6 is 11.3 Å². The van der Waals surface area contributed by atoms with Crippen LogP contribution < -0.4 is 4.74 Å². The summed E-state index contributed by atoms with van der Waals surface area (Å²) in [7, 11) is 0. The van der Waals surface area contributed by atoms with Crippen LogP contribution in [0, 0.1) is 6.92 Å². The Morgan fingerprint density at radius 2 is 1.95 bits per heavy atom. The van der Waals surface area contributed by atoms with Gasteiger partial charge in [-0.25, -0.2) is 23.3 Å². The van der Waals surface area contributed by atoms with Gasteiger partial charge in [0.05, 0.1) is 27.3 Å². The number of fused-ring (bicyclic) bond motifs is 1. The highest BCUT2D eigenvalue weighted by molar-refractivity contribution is 7.19. The van der Waals surface area contributed by atoms with E-state index in [1.807, 2.05) is 71.2 Å². The second kappa shape index (κ2) is 9.68. The number of thiazole rings is 1. The molecule has 1 aromatic carbocycles. The first-order valence-electron chi connectivity index (χ1n) is 12.3. The van der Waals surface area contributed by atoms with Gasteiger partial charge in [0.15, 0.2) is 0 Å². The smallest absolute Gasteiger partial charge is 0.250 e. The largest absolute Gasteiger partial charge is 0.492 e. The average Bonchev–Trinajstić information content (AvgIpc) is 3.63. The average molecular weight is 521 g/mol. The van der Waals surface area contributed by atoms with E-state index in [-0.39, 0.29) is 12.8 Å². The molecule has 0 radical (unpaired) electrons. The van der Waals surface area contributed by atoms with Crippen LogP contribution in [0.2, 0.25) is 0 Å². The van der Waals surface area contributed by atoms with Crippen LogP contribution in [-0.4, -0.2) is 61.6 Å². The van der Waals surface area contributed by atoms with Crippen molar-refractivity contribution in [2.24, 2.45) is 0 Å². The summed E-state index contributed by atoms with van der Waals surface area (Å²) in [5, 5.41) is 5.55.